The van der Waals surface area contributed by atoms with Gasteiger partial charge in [0, 0.05) is 5.41 Å². The topological polar surface area (TPSA) is 65.0 Å². The number of carbonyl (C=O) groups is 1. The van der Waals surface area contributed by atoms with Crippen LogP contribution in [0.1, 0.15) is 48.5 Å². The molecule has 1 rings (SSSR count). The zero-order valence-electron chi connectivity index (χ0n) is 16.6. The third-order valence-electron chi connectivity index (χ3n) is 4.36. The van der Waals surface area contributed by atoms with Crippen molar-refractivity contribution >= 4 is 18.7 Å². The summed E-state index contributed by atoms with van der Waals surface area (Å²) in [4.78, 5) is 12.0. The van der Waals surface area contributed by atoms with Crippen LogP contribution in [0.3, 0.4) is 0 Å². The molecule has 0 heterocycles. The van der Waals surface area contributed by atoms with Crippen LogP contribution < -0.4 is 14.9 Å². The number of benzene rings is 1. The maximum Gasteiger partial charge on any atom is 0.334 e. The average molecular weight is 349 g/mol. The lowest BCUT2D eigenvalue weighted by Crippen LogP contribution is -2.49. The second-order valence-electron chi connectivity index (χ2n) is 8.17. The van der Waals surface area contributed by atoms with E-state index >= 15 is 0 Å². The molecule has 1 radical (unpaired) electrons. The third kappa shape index (κ3) is 6.05. The normalized spacial score (nSPS) is 12.7. The molecule has 0 aliphatic heterocycles. The summed E-state index contributed by atoms with van der Waals surface area (Å²) in [7, 11) is 3.10. The van der Waals surface area contributed by atoms with Crippen LogP contribution in [0.4, 0.5) is 0 Å². The van der Waals surface area contributed by atoms with Crippen LogP contribution >= 0.6 is 0 Å². The van der Waals surface area contributed by atoms with Gasteiger partial charge in [0.05, 0.1) is 18.3 Å². The van der Waals surface area contributed by atoms with E-state index in [1.54, 1.807) is 53.0 Å². The third-order valence-corrected chi connectivity index (χ3v) is 4.36. The zero-order valence-corrected chi connectivity index (χ0v) is 16.6. The molecule has 5 nitrogen and oxygen atoms in total. The molecule has 1 aromatic carbocycles. The molecule has 0 aliphatic carbocycles. The van der Waals surface area contributed by atoms with Crippen molar-refractivity contribution in [1.29, 1.82) is 0 Å². The van der Waals surface area contributed by atoms with Crippen molar-refractivity contribution in [2.24, 2.45) is 5.41 Å². The van der Waals surface area contributed by atoms with Crippen molar-refractivity contribution in [3.63, 3.8) is 0 Å². The molecule has 0 aromatic heterocycles. The molecule has 0 fully saturated rings. The molecule has 139 valence electrons. The number of hydrogen-bond donors (Lipinski definition) is 1. The van der Waals surface area contributed by atoms with Gasteiger partial charge in [0.2, 0.25) is 0 Å². The van der Waals surface area contributed by atoms with Gasteiger partial charge in [-0.15, -0.1) is 0 Å². The Balaban J connectivity index is 2.87. The monoisotopic (exact) mass is 349 g/mol. The lowest BCUT2D eigenvalue weighted by Gasteiger charge is -2.37. The fraction of sp³-hybridized carbons (Fsp3) is 0.632. The molecule has 0 saturated heterocycles. The maximum atomic E-state index is 12.0. The molecule has 0 spiro atoms. The summed E-state index contributed by atoms with van der Waals surface area (Å²) in [6.07, 6.45) is 0. The molecule has 1 N–H and O–H groups in total. The number of ketones is 1. The number of ether oxygens (including phenoxy) is 2. The van der Waals surface area contributed by atoms with Gasteiger partial charge < -0.3 is 19.2 Å². The first-order chi connectivity index (χ1) is 11.3. The predicted octanol–water partition coefficient (Wildman–Crippen LogP) is 2.50. The van der Waals surface area contributed by atoms with E-state index < -0.39 is 16.6 Å². The van der Waals surface area contributed by atoms with Crippen molar-refractivity contribution in [1.82, 2.24) is 0 Å². The summed E-state index contributed by atoms with van der Waals surface area (Å²) in [6.45, 7) is 12.6. The van der Waals surface area contributed by atoms with Crippen LogP contribution in [0.15, 0.2) is 18.2 Å². The van der Waals surface area contributed by atoms with E-state index in [-0.39, 0.29) is 12.4 Å². The molecular formula is C19H30BO5. The van der Waals surface area contributed by atoms with E-state index in [4.69, 9.17) is 14.1 Å². The van der Waals surface area contributed by atoms with Gasteiger partial charge in [0.15, 0.2) is 5.78 Å². The van der Waals surface area contributed by atoms with Gasteiger partial charge in [-0.1, -0.05) is 20.8 Å². The van der Waals surface area contributed by atoms with Crippen LogP contribution in [-0.4, -0.2) is 43.3 Å². The highest BCUT2D eigenvalue weighted by Gasteiger charge is 2.36. The standard InChI is InChI=1S/C19H30BO5/c1-17(2,3)16(21)12-24-13-9-10-15(23-8)14(11-13)20-25-19(6,7)18(4,5)22/h9-11,22H,12H2,1-8H3. The number of rotatable bonds is 8. The lowest BCUT2D eigenvalue weighted by molar-refractivity contribution is -0.128. The van der Waals surface area contributed by atoms with Gasteiger partial charge in [-0.3, -0.25) is 4.79 Å². The molecule has 0 bridgehead atoms. The Morgan fingerprint density at radius 1 is 1.12 bits per heavy atom. The number of methoxy groups -OCH3 is 1. The van der Waals surface area contributed by atoms with Gasteiger partial charge in [-0.05, 0) is 51.4 Å². The molecular weight excluding hydrogens is 319 g/mol. The molecule has 0 unspecified atom stereocenters. The van der Waals surface area contributed by atoms with Crippen molar-refractivity contribution in [2.45, 2.75) is 59.7 Å². The first-order valence-electron chi connectivity index (χ1n) is 8.35. The molecule has 0 atom stereocenters. The highest BCUT2D eigenvalue weighted by atomic mass is 16.5. The number of Topliss-reactive ketones (excluding diaryl/α,β-unsaturated/α-hetero) is 1. The predicted molar refractivity (Wildman–Crippen MR) is 99.8 cm³/mol. The van der Waals surface area contributed by atoms with Crippen LogP contribution in [0.2, 0.25) is 0 Å². The Labute approximate surface area is 151 Å². The summed E-state index contributed by atoms with van der Waals surface area (Å²) in [6, 6.07) is 5.24. The molecule has 1 aromatic rings. The van der Waals surface area contributed by atoms with E-state index in [2.05, 4.69) is 0 Å². The maximum absolute atomic E-state index is 12.0. The number of carbonyl (C=O) groups excluding carboxylic acids is 1. The van der Waals surface area contributed by atoms with E-state index in [1.807, 2.05) is 20.8 Å². The molecule has 6 heteroatoms. The van der Waals surface area contributed by atoms with Gasteiger partial charge in [0.25, 0.3) is 0 Å². The minimum absolute atomic E-state index is 0.00525. The fourth-order valence-corrected chi connectivity index (χ4v) is 1.61. The van der Waals surface area contributed by atoms with E-state index in [0.717, 1.165) is 0 Å². The highest BCUT2D eigenvalue weighted by Crippen LogP contribution is 2.25. The summed E-state index contributed by atoms with van der Waals surface area (Å²) >= 11 is 0. The Kier molecular flexibility index (Phi) is 6.71. The molecule has 0 saturated carbocycles. The van der Waals surface area contributed by atoms with Crippen molar-refractivity contribution in [2.75, 3.05) is 13.7 Å². The quantitative estimate of drug-likeness (QED) is 0.731. The van der Waals surface area contributed by atoms with Gasteiger partial charge in [-0.2, -0.15) is 0 Å². The second-order valence-corrected chi connectivity index (χ2v) is 8.17. The number of hydrogen-bond acceptors (Lipinski definition) is 5. The Morgan fingerprint density at radius 2 is 1.72 bits per heavy atom. The van der Waals surface area contributed by atoms with Crippen LogP contribution in [-0.2, 0) is 9.45 Å². The summed E-state index contributed by atoms with van der Waals surface area (Å²) < 4.78 is 16.7. The Hall–Kier alpha value is -1.53. The fourth-order valence-electron chi connectivity index (χ4n) is 1.61. The van der Waals surface area contributed by atoms with Crippen LogP contribution in [0.5, 0.6) is 11.5 Å². The summed E-state index contributed by atoms with van der Waals surface area (Å²) in [5.41, 5.74) is -1.59. The SMILES string of the molecule is COc1ccc(OCC(=O)C(C)(C)C)cc1[B]OC(C)(C)C(C)(C)O. The smallest absolute Gasteiger partial charge is 0.334 e. The van der Waals surface area contributed by atoms with Crippen molar-refractivity contribution in [3.8, 4) is 11.5 Å². The van der Waals surface area contributed by atoms with Crippen molar-refractivity contribution in [3.05, 3.63) is 18.2 Å². The average Bonchev–Trinajstić information content (AvgIpc) is 2.48. The summed E-state index contributed by atoms with van der Waals surface area (Å²) in [5, 5.41) is 10.2. The van der Waals surface area contributed by atoms with Crippen LogP contribution in [0, 0.1) is 5.41 Å². The highest BCUT2D eigenvalue weighted by molar-refractivity contribution is 6.48. The zero-order chi connectivity index (χ0) is 19.5. The lowest BCUT2D eigenvalue weighted by atomic mass is 9.82. The van der Waals surface area contributed by atoms with Gasteiger partial charge in [-0.25, -0.2) is 0 Å². The molecule has 25 heavy (non-hydrogen) atoms. The molecule has 0 amide bonds. The van der Waals surface area contributed by atoms with Crippen molar-refractivity contribution < 1.29 is 24.0 Å². The summed E-state index contributed by atoms with van der Waals surface area (Å²) in [5.74, 6) is 1.18. The first kappa shape index (κ1) is 21.5. The van der Waals surface area contributed by atoms with Crippen LogP contribution in [0.25, 0.3) is 0 Å². The Bertz CT molecular complexity index is 597. The first-order valence-corrected chi connectivity index (χ1v) is 8.35. The van der Waals surface area contributed by atoms with E-state index in [9.17, 15) is 9.90 Å². The second kappa shape index (κ2) is 7.79. The Morgan fingerprint density at radius 3 is 2.20 bits per heavy atom. The van der Waals surface area contributed by atoms with Gasteiger partial charge in [0.1, 0.15) is 18.1 Å². The van der Waals surface area contributed by atoms with E-state index in [0.29, 0.717) is 17.0 Å². The largest absolute Gasteiger partial charge is 0.497 e. The minimum Gasteiger partial charge on any atom is -0.497 e. The number of aliphatic hydroxyl groups is 1. The van der Waals surface area contributed by atoms with E-state index in [1.165, 1.54) is 7.48 Å². The van der Waals surface area contributed by atoms with Gasteiger partial charge >= 0.3 is 7.48 Å². The minimum atomic E-state index is -1.02. The molecule has 0 aliphatic rings.